The molecule has 4 bridgehead atoms. The van der Waals surface area contributed by atoms with E-state index in [9.17, 15) is 14.4 Å². The van der Waals surface area contributed by atoms with Gasteiger partial charge in [-0.2, -0.15) is 0 Å². The van der Waals surface area contributed by atoms with E-state index in [1.54, 1.807) is 24.3 Å². The Kier molecular flexibility index (Phi) is 5.45. The van der Waals surface area contributed by atoms with Crippen molar-refractivity contribution in [2.45, 2.75) is 64.3 Å². The van der Waals surface area contributed by atoms with E-state index in [-0.39, 0.29) is 30.4 Å². The van der Waals surface area contributed by atoms with E-state index in [2.05, 4.69) is 29.8 Å². The number of benzene rings is 1. The molecule has 31 heavy (non-hydrogen) atoms. The molecule has 4 aliphatic carbocycles. The largest absolute Gasteiger partial charge is 0.352 e. The predicted octanol–water partition coefficient (Wildman–Crippen LogP) is 3.18. The van der Waals surface area contributed by atoms with Crippen LogP contribution in [0.5, 0.6) is 0 Å². The van der Waals surface area contributed by atoms with E-state index in [4.69, 9.17) is 5.21 Å². The fraction of sp³-hybridized carbons (Fsp3) is 0.609. The van der Waals surface area contributed by atoms with E-state index in [1.165, 1.54) is 24.7 Å². The van der Waals surface area contributed by atoms with Gasteiger partial charge in [0.1, 0.15) is 0 Å². The van der Waals surface area contributed by atoms with Gasteiger partial charge in [0.15, 0.2) is 0 Å². The summed E-state index contributed by atoms with van der Waals surface area (Å²) in [6.07, 6.45) is 6.97. The van der Waals surface area contributed by atoms with Crippen LogP contribution in [0.15, 0.2) is 24.3 Å². The Balaban J connectivity index is 1.32. The van der Waals surface area contributed by atoms with Crippen molar-refractivity contribution in [1.29, 1.82) is 0 Å². The first kappa shape index (κ1) is 21.6. The van der Waals surface area contributed by atoms with Gasteiger partial charge >= 0.3 is 6.03 Å². The molecule has 4 amide bonds. The first-order valence-corrected chi connectivity index (χ1v) is 11.0. The molecule has 5 N–H and O–H groups in total. The van der Waals surface area contributed by atoms with Crippen molar-refractivity contribution >= 4 is 23.5 Å². The van der Waals surface area contributed by atoms with Crippen LogP contribution in [-0.4, -0.2) is 35.1 Å². The third-order valence-electron chi connectivity index (χ3n) is 7.17. The quantitative estimate of drug-likeness (QED) is 0.353. The van der Waals surface area contributed by atoms with Crippen LogP contribution in [0.4, 0.5) is 10.5 Å². The molecule has 0 spiro atoms. The van der Waals surface area contributed by atoms with Crippen LogP contribution in [0.2, 0.25) is 0 Å². The maximum Gasteiger partial charge on any atom is 0.319 e. The summed E-state index contributed by atoms with van der Waals surface area (Å²) in [4.78, 5) is 35.9. The molecule has 4 saturated carbocycles. The number of rotatable bonds is 6. The van der Waals surface area contributed by atoms with Gasteiger partial charge in [0.25, 0.3) is 5.91 Å². The Bertz CT molecular complexity index is 866. The topological polar surface area (TPSA) is 120 Å². The van der Waals surface area contributed by atoms with Gasteiger partial charge < -0.3 is 16.0 Å². The molecule has 1 aromatic carbocycles. The molecule has 4 atom stereocenters. The summed E-state index contributed by atoms with van der Waals surface area (Å²) in [7, 11) is 0. The van der Waals surface area contributed by atoms with Crippen LogP contribution in [0, 0.1) is 16.7 Å². The van der Waals surface area contributed by atoms with Gasteiger partial charge in [-0.3, -0.25) is 14.8 Å². The standard InChI is InChI=1S/C23H32N4O4/c1-21-9-15-10-22(2,12-21)14-23(11-15,13-21)26-20(30)25-17-5-3-16(4-6-17)19(29)24-8-7-18(28)27-31/h3-6,15,31H,7-14H2,1-2H3,(H,24,29)(H,27,28)(H2,25,26,30)/t15?,21-,22+,23?. The Labute approximate surface area is 182 Å². The van der Waals surface area contributed by atoms with Gasteiger partial charge in [0, 0.05) is 29.8 Å². The molecule has 0 aliphatic heterocycles. The van der Waals surface area contributed by atoms with Crippen LogP contribution >= 0.6 is 0 Å². The number of hydroxylamine groups is 1. The Morgan fingerprint density at radius 1 is 1.00 bits per heavy atom. The number of carbonyl (C=O) groups excluding carboxylic acids is 3. The maximum atomic E-state index is 12.8. The highest BCUT2D eigenvalue weighted by Crippen LogP contribution is 2.66. The fourth-order valence-electron chi connectivity index (χ4n) is 7.14. The molecule has 8 heteroatoms. The molecule has 2 unspecified atom stereocenters. The van der Waals surface area contributed by atoms with Gasteiger partial charge in [0.05, 0.1) is 0 Å². The SMILES string of the molecule is C[C@]12CC3CC(NC(=O)Nc4ccc(C(=O)NCCC(=O)NO)cc4)(C1)C[C@@](C)(C3)C2. The van der Waals surface area contributed by atoms with E-state index >= 15 is 0 Å². The molecule has 1 aromatic rings. The van der Waals surface area contributed by atoms with Gasteiger partial charge in [0.2, 0.25) is 5.91 Å². The lowest BCUT2D eigenvalue weighted by Gasteiger charge is -2.65. The molecule has 0 radical (unpaired) electrons. The fourth-order valence-corrected chi connectivity index (χ4v) is 7.14. The molecular weight excluding hydrogens is 396 g/mol. The van der Waals surface area contributed by atoms with Crippen molar-refractivity contribution in [2.75, 3.05) is 11.9 Å². The zero-order chi connectivity index (χ0) is 22.3. The minimum atomic E-state index is -0.562. The first-order valence-electron chi connectivity index (χ1n) is 11.0. The van der Waals surface area contributed by atoms with Crippen molar-refractivity contribution in [1.82, 2.24) is 16.1 Å². The van der Waals surface area contributed by atoms with Crippen LogP contribution < -0.4 is 21.4 Å². The average molecular weight is 429 g/mol. The molecule has 0 heterocycles. The Morgan fingerprint density at radius 2 is 1.65 bits per heavy atom. The lowest BCUT2D eigenvalue weighted by atomic mass is 9.43. The van der Waals surface area contributed by atoms with E-state index in [0.717, 1.165) is 19.3 Å². The summed E-state index contributed by atoms with van der Waals surface area (Å²) in [5, 5.41) is 17.3. The summed E-state index contributed by atoms with van der Waals surface area (Å²) in [5.74, 6) is -0.183. The van der Waals surface area contributed by atoms with Gasteiger partial charge in [-0.25, -0.2) is 10.3 Å². The molecule has 0 aromatic heterocycles. The highest BCUT2D eigenvalue weighted by Gasteiger charge is 2.60. The highest BCUT2D eigenvalue weighted by molar-refractivity contribution is 5.95. The third kappa shape index (κ3) is 4.69. The van der Waals surface area contributed by atoms with Crippen LogP contribution in [0.25, 0.3) is 0 Å². The first-order chi connectivity index (χ1) is 14.6. The highest BCUT2D eigenvalue weighted by atomic mass is 16.5. The van der Waals surface area contributed by atoms with E-state index < -0.39 is 5.91 Å². The minimum Gasteiger partial charge on any atom is -0.352 e. The lowest BCUT2D eigenvalue weighted by molar-refractivity contribution is -0.129. The summed E-state index contributed by atoms with van der Waals surface area (Å²) in [6, 6.07) is 6.45. The van der Waals surface area contributed by atoms with Crippen molar-refractivity contribution in [2.24, 2.45) is 16.7 Å². The second-order valence-electron chi connectivity index (χ2n) is 10.6. The Hall–Kier alpha value is -2.61. The number of nitrogens with one attached hydrogen (secondary N) is 4. The summed E-state index contributed by atoms with van der Waals surface area (Å²) in [6.45, 7) is 4.88. The number of hydrogen-bond donors (Lipinski definition) is 5. The molecule has 5 rings (SSSR count). The van der Waals surface area contributed by atoms with Crippen LogP contribution in [0.3, 0.4) is 0 Å². The summed E-state index contributed by atoms with van der Waals surface area (Å²) >= 11 is 0. The minimum absolute atomic E-state index is 0.0112. The van der Waals surface area contributed by atoms with Crippen LogP contribution in [0.1, 0.15) is 69.2 Å². The Morgan fingerprint density at radius 3 is 2.23 bits per heavy atom. The predicted molar refractivity (Wildman–Crippen MR) is 116 cm³/mol. The molecule has 8 nitrogen and oxygen atoms in total. The number of urea groups is 1. The molecule has 4 aliphatic rings. The van der Waals surface area contributed by atoms with Crippen LogP contribution in [-0.2, 0) is 4.79 Å². The smallest absolute Gasteiger partial charge is 0.319 e. The maximum absolute atomic E-state index is 12.8. The third-order valence-corrected chi connectivity index (χ3v) is 7.17. The zero-order valence-corrected chi connectivity index (χ0v) is 18.2. The summed E-state index contributed by atoms with van der Waals surface area (Å²) in [5.41, 5.74) is 3.11. The summed E-state index contributed by atoms with van der Waals surface area (Å²) < 4.78 is 0. The lowest BCUT2D eigenvalue weighted by Crippen LogP contribution is -2.65. The zero-order valence-electron chi connectivity index (χ0n) is 18.2. The van der Waals surface area contributed by atoms with Crippen molar-refractivity contribution in [3.63, 3.8) is 0 Å². The second-order valence-corrected chi connectivity index (χ2v) is 10.6. The van der Waals surface area contributed by atoms with E-state index in [1.807, 2.05) is 0 Å². The average Bonchev–Trinajstić information content (AvgIpc) is 2.64. The monoisotopic (exact) mass is 428 g/mol. The normalized spacial score (nSPS) is 32.9. The number of amides is 4. The molecule has 168 valence electrons. The van der Waals surface area contributed by atoms with Gasteiger partial charge in [-0.05, 0) is 79.5 Å². The number of hydrogen-bond acceptors (Lipinski definition) is 4. The van der Waals surface area contributed by atoms with Gasteiger partial charge in [-0.1, -0.05) is 13.8 Å². The molecule has 4 fully saturated rings. The van der Waals surface area contributed by atoms with Crippen molar-refractivity contribution in [3.05, 3.63) is 29.8 Å². The number of carbonyl (C=O) groups is 3. The van der Waals surface area contributed by atoms with E-state index in [0.29, 0.717) is 28.0 Å². The molecular formula is C23H32N4O4. The van der Waals surface area contributed by atoms with Crippen molar-refractivity contribution < 1.29 is 19.6 Å². The van der Waals surface area contributed by atoms with Gasteiger partial charge in [-0.15, -0.1) is 0 Å². The van der Waals surface area contributed by atoms with Crippen molar-refractivity contribution in [3.8, 4) is 0 Å². The molecule has 0 saturated heterocycles. The second kappa shape index (κ2) is 7.82. The number of anilines is 1.